The molecule has 17 heavy (non-hydrogen) atoms. The Balaban J connectivity index is 2.17. The fourth-order valence-electron chi connectivity index (χ4n) is 2.63. The van der Waals surface area contributed by atoms with E-state index < -0.39 is 0 Å². The highest BCUT2D eigenvalue weighted by Gasteiger charge is 2.22. The Hall–Kier alpha value is -1.33. The molecule has 2 heteroatoms. The summed E-state index contributed by atoms with van der Waals surface area (Å²) in [5.41, 5.74) is 4.08. The topological polar surface area (TPSA) is 27.0 Å². The quantitative estimate of drug-likeness (QED) is 0.777. The molecule has 1 saturated heterocycles. The van der Waals surface area contributed by atoms with Gasteiger partial charge in [-0.3, -0.25) is 4.90 Å². The van der Waals surface area contributed by atoms with Crippen LogP contribution in [0.1, 0.15) is 36.0 Å². The average Bonchev–Trinajstić information content (AvgIpc) is 2.34. The Labute approximate surface area is 104 Å². The third kappa shape index (κ3) is 2.68. The van der Waals surface area contributed by atoms with Crippen LogP contribution in [0.2, 0.25) is 0 Å². The summed E-state index contributed by atoms with van der Waals surface area (Å²) in [5, 5.41) is 9.19. The first-order valence-corrected chi connectivity index (χ1v) is 6.41. The van der Waals surface area contributed by atoms with Crippen LogP contribution in [0.25, 0.3) is 0 Å². The van der Waals surface area contributed by atoms with Crippen LogP contribution in [0.15, 0.2) is 18.2 Å². The van der Waals surface area contributed by atoms with Gasteiger partial charge in [-0.05, 0) is 56.3 Å². The van der Waals surface area contributed by atoms with Gasteiger partial charge in [-0.15, -0.1) is 0 Å². The molecule has 0 bridgehead atoms. The van der Waals surface area contributed by atoms with Gasteiger partial charge < -0.3 is 0 Å². The Morgan fingerprint density at radius 3 is 2.65 bits per heavy atom. The molecule has 1 aliphatic rings. The summed E-state index contributed by atoms with van der Waals surface area (Å²) in [6.07, 6.45) is 3.45. The summed E-state index contributed by atoms with van der Waals surface area (Å²) in [6.45, 7) is 6.31. The molecule has 1 unspecified atom stereocenters. The summed E-state index contributed by atoms with van der Waals surface area (Å²) in [6, 6.07) is 8.98. The van der Waals surface area contributed by atoms with Gasteiger partial charge in [-0.2, -0.15) is 5.26 Å². The minimum Gasteiger partial charge on any atom is -0.284 e. The van der Waals surface area contributed by atoms with E-state index in [4.69, 9.17) is 0 Å². The van der Waals surface area contributed by atoms with E-state index in [0.717, 1.165) is 19.5 Å². The maximum atomic E-state index is 9.19. The first kappa shape index (κ1) is 12.1. The molecule has 2 rings (SSSR count). The summed E-state index contributed by atoms with van der Waals surface area (Å²) >= 11 is 0. The van der Waals surface area contributed by atoms with Crippen LogP contribution >= 0.6 is 0 Å². The van der Waals surface area contributed by atoms with E-state index in [1.54, 1.807) is 0 Å². The number of rotatable bonds is 2. The number of hydrogen-bond donors (Lipinski definition) is 0. The van der Waals surface area contributed by atoms with Crippen LogP contribution < -0.4 is 0 Å². The highest BCUT2D eigenvalue weighted by Crippen LogP contribution is 2.22. The van der Waals surface area contributed by atoms with Gasteiger partial charge >= 0.3 is 0 Å². The number of piperidine rings is 1. The highest BCUT2D eigenvalue weighted by atomic mass is 15.2. The zero-order chi connectivity index (χ0) is 12.3. The molecule has 0 amide bonds. The molecule has 0 spiro atoms. The Morgan fingerprint density at radius 2 is 2.00 bits per heavy atom. The lowest BCUT2D eigenvalue weighted by Gasteiger charge is -2.32. The van der Waals surface area contributed by atoms with Gasteiger partial charge in [0.15, 0.2) is 0 Å². The van der Waals surface area contributed by atoms with E-state index in [1.165, 1.54) is 29.5 Å². The molecule has 90 valence electrons. The summed E-state index contributed by atoms with van der Waals surface area (Å²) in [5.74, 6) is 0. The van der Waals surface area contributed by atoms with Crippen molar-refractivity contribution in [2.24, 2.45) is 0 Å². The van der Waals surface area contributed by atoms with Gasteiger partial charge in [0, 0.05) is 6.54 Å². The average molecular weight is 228 g/mol. The maximum Gasteiger partial charge on any atom is 0.0980 e. The molecule has 0 aromatic heterocycles. The third-order valence-electron chi connectivity index (χ3n) is 3.77. The summed E-state index contributed by atoms with van der Waals surface area (Å²) in [7, 11) is 0. The van der Waals surface area contributed by atoms with Gasteiger partial charge in [-0.25, -0.2) is 0 Å². The molecule has 1 heterocycles. The van der Waals surface area contributed by atoms with E-state index in [2.05, 4.69) is 43.0 Å². The fourth-order valence-corrected chi connectivity index (χ4v) is 2.63. The third-order valence-corrected chi connectivity index (χ3v) is 3.77. The number of nitrogens with zero attached hydrogens (tertiary/aromatic N) is 2. The van der Waals surface area contributed by atoms with Crippen LogP contribution in [-0.2, 0) is 6.54 Å². The monoisotopic (exact) mass is 228 g/mol. The normalized spacial score (nSPS) is 21.1. The van der Waals surface area contributed by atoms with Crippen LogP contribution in [0.5, 0.6) is 0 Å². The molecule has 0 radical (unpaired) electrons. The van der Waals surface area contributed by atoms with Crippen molar-refractivity contribution in [1.82, 2.24) is 4.90 Å². The fraction of sp³-hybridized carbons (Fsp3) is 0.533. The summed E-state index contributed by atoms with van der Waals surface area (Å²) < 4.78 is 0. The predicted octanol–water partition coefficient (Wildman–Crippen LogP) is 3.18. The van der Waals surface area contributed by atoms with Crippen LogP contribution in [0.4, 0.5) is 0 Å². The first-order chi connectivity index (χ1) is 8.22. The Bertz CT molecular complexity index is 411. The van der Waals surface area contributed by atoms with E-state index in [0.29, 0.717) is 0 Å². The SMILES string of the molecule is Cc1cccc(C)c1CN1CCCCC1C#N. The largest absolute Gasteiger partial charge is 0.284 e. The summed E-state index contributed by atoms with van der Waals surface area (Å²) in [4.78, 5) is 2.33. The van der Waals surface area contributed by atoms with Gasteiger partial charge in [0.05, 0.1) is 12.1 Å². The van der Waals surface area contributed by atoms with E-state index in [-0.39, 0.29) is 6.04 Å². The van der Waals surface area contributed by atoms with E-state index >= 15 is 0 Å². The number of hydrogen-bond acceptors (Lipinski definition) is 2. The zero-order valence-corrected chi connectivity index (χ0v) is 10.7. The van der Waals surface area contributed by atoms with Crippen LogP contribution in [0.3, 0.4) is 0 Å². The van der Waals surface area contributed by atoms with Crippen molar-refractivity contribution in [3.63, 3.8) is 0 Å². The van der Waals surface area contributed by atoms with Crippen molar-refractivity contribution < 1.29 is 0 Å². The van der Waals surface area contributed by atoms with Gasteiger partial charge in [0.2, 0.25) is 0 Å². The number of benzene rings is 1. The molecule has 0 N–H and O–H groups in total. The molecular formula is C15H20N2. The lowest BCUT2D eigenvalue weighted by atomic mass is 9.98. The molecule has 2 nitrogen and oxygen atoms in total. The first-order valence-electron chi connectivity index (χ1n) is 6.41. The second-order valence-electron chi connectivity index (χ2n) is 4.98. The minimum atomic E-state index is 0.114. The van der Waals surface area contributed by atoms with Crippen LogP contribution in [0, 0.1) is 25.2 Å². The zero-order valence-electron chi connectivity index (χ0n) is 10.7. The standard InChI is InChI=1S/C15H20N2/c1-12-6-5-7-13(2)15(12)11-17-9-4-3-8-14(17)10-16/h5-7,14H,3-4,8-9,11H2,1-2H3. The van der Waals surface area contributed by atoms with E-state index in [1.807, 2.05) is 0 Å². The maximum absolute atomic E-state index is 9.19. The van der Waals surface area contributed by atoms with E-state index in [9.17, 15) is 5.26 Å². The molecule has 1 fully saturated rings. The Morgan fingerprint density at radius 1 is 1.29 bits per heavy atom. The number of likely N-dealkylation sites (tertiary alicyclic amines) is 1. The van der Waals surface area contributed by atoms with Gasteiger partial charge in [0.1, 0.15) is 0 Å². The highest BCUT2D eigenvalue weighted by molar-refractivity contribution is 5.33. The molecule has 1 atom stereocenters. The smallest absolute Gasteiger partial charge is 0.0980 e. The number of nitriles is 1. The predicted molar refractivity (Wildman–Crippen MR) is 69.6 cm³/mol. The van der Waals surface area contributed by atoms with Crippen LogP contribution in [-0.4, -0.2) is 17.5 Å². The molecule has 1 aromatic carbocycles. The van der Waals surface area contributed by atoms with Crippen molar-refractivity contribution in [1.29, 1.82) is 5.26 Å². The van der Waals surface area contributed by atoms with Crippen molar-refractivity contribution in [2.45, 2.75) is 45.7 Å². The second-order valence-corrected chi connectivity index (χ2v) is 4.98. The van der Waals surface area contributed by atoms with Crippen molar-refractivity contribution in [3.8, 4) is 6.07 Å². The second kappa shape index (κ2) is 5.33. The molecule has 0 aliphatic carbocycles. The molecular weight excluding hydrogens is 208 g/mol. The van der Waals surface area contributed by atoms with Gasteiger partial charge in [-0.1, -0.05) is 18.2 Å². The van der Waals surface area contributed by atoms with Gasteiger partial charge in [0.25, 0.3) is 0 Å². The number of aryl methyl sites for hydroxylation is 2. The van der Waals surface area contributed by atoms with Crippen molar-refractivity contribution in [3.05, 3.63) is 34.9 Å². The Kier molecular flexibility index (Phi) is 3.81. The molecule has 1 aromatic rings. The van der Waals surface area contributed by atoms with Crippen molar-refractivity contribution >= 4 is 0 Å². The minimum absolute atomic E-state index is 0.114. The van der Waals surface area contributed by atoms with Crippen molar-refractivity contribution in [2.75, 3.05) is 6.54 Å². The molecule has 1 aliphatic heterocycles. The lowest BCUT2D eigenvalue weighted by Crippen LogP contribution is -2.38. The molecule has 0 saturated carbocycles. The lowest BCUT2D eigenvalue weighted by molar-refractivity contribution is 0.176.